The van der Waals surface area contributed by atoms with Gasteiger partial charge in [-0.1, -0.05) is 42.5 Å². The second-order valence-corrected chi connectivity index (χ2v) is 10.3. The van der Waals surface area contributed by atoms with E-state index in [2.05, 4.69) is 103 Å². The van der Waals surface area contributed by atoms with Crippen LogP contribution in [-0.2, 0) is 13.1 Å². The molecule has 0 amide bonds. The lowest BCUT2D eigenvalue weighted by atomic mass is 10.0. The lowest BCUT2D eigenvalue weighted by Crippen LogP contribution is -2.12. The van der Waals surface area contributed by atoms with E-state index in [1.807, 2.05) is 30.9 Å². The molecule has 0 fully saturated rings. The fourth-order valence-corrected chi connectivity index (χ4v) is 5.65. The first-order valence-electron chi connectivity index (χ1n) is 12.5. The van der Waals surface area contributed by atoms with Crippen LogP contribution in [0.5, 0.6) is 0 Å². The number of hydrogen-bond donors (Lipinski definition) is 3. The average Bonchev–Trinajstić information content (AvgIpc) is 3.73. The third-order valence-corrected chi connectivity index (χ3v) is 7.68. The van der Waals surface area contributed by atoms with E-state index in [1.54, 1.807) is 11.3 Å². The Morgan fingerprint density at radius 1 is 0.711 bits per heavy atom. The Hall–Kier alpha value is -4.59. The van der Waals surface area contributed by atoms with Gasteiger partial charge in [0.15, 0.2) is 0 Å². The van der Waals surface area contributed by atoms with E-state index in [4.69, 9.17) is 0 Å². The summed E-state index contributed by atoms with van der Waals surface area (Å²) in [6.07, 6.45) is 7.65. The predicted molar refractivity (Wildman–Crippen MR) is 155 cm³/mol. The summed E-state index contributed by atoms with van der Waals surface area (Å²) in [5, 5.41) is 15.7. The maximum atomic E-state index is 4.68. The molecule has 7 heteroatoms. The van der Waals surface area contributed by atoms with Crippen molar-refractivity contribution in [1.29, 1.82) is 0 Å². The molecule has 5 heterocycles. The van der Waals surface area contributed by atoms with Gasteiger partial charge in [0.05, 0.1) is 22.9 Å². The molecule has 0 spiro atoms. The van der Waals surface area contributed by atoms with Gasteiger partial charge in [0.2, 0.25) is 0 Å². The molecule has 38 heavy (non-hydrogen) atoms. The maximum absolute atomic E-state index is 4.68. The van der Waals surface area contributed by atoms with Crippen molar-refractivity contribution in [2.24, 2.45) is 0 Å². The molecular weight excluding hydrogens is 488 g/mol. The molecule has 7 rings (SSSR count). The minimum atomic E-state index is 0.755. The summed E-state index contributed by atoms with van der Waals surface area (Å²) in [5.74, 6) is 0. The van der Waals surface area contributed by atoms with E-state index in [0.29, 0.717) is 0 Å². The fourth-order valence-electron chi connectivity index (χ4n) is 4.89. The Kier molecular flexibility index (Phi) is 5.77. The minimum absolute atomic E-state index is 0.755. The van der Waals surface area contributed by atoms with Crippen molar-refractivity contribution >= 4 is 33.1 Å². The maximum Gasteiger partial charge on any atom is 0.116 e. The van der Waals surface area contributed by atoms with E-state index in [-0.39, 0.29) is 0 Å². The molecule has 6 nitrogen and oxygen atoms in total. The highest BCUT2D eigenvalue weighted by atomic mass is 32.1. The van der Waals surface area contributed by atoms with Crippen LogP contribution in [0.25, 0.3) is 54.8 Å². The third kappa shape index (κ3) is 4.28. The van der Waals surface area contributed by atoms with Crippen molar-refractivity contribution in [3.8, 4) is 33.0 Å². The third-order valence-electron chi connectivity index (χ3n) is 6.78. The van der Waals surface area contributed by atoms with E-state index < -0.39 is 0 Å². The minimum Gasteiger partial charge on any atom is -0.352 e. The van der Waals surface area contributed by atoms with Crippen molar-refractivity contribution in [1.82, 2.24) is 30.5 Å². The van der Waals surface area contributed by atoms with Crippen LogP contribution in [0.1, 0.15) is 11.1 Å². The van der Waals surface area contributed by atoms with Crippen molar-refractivity contribution in [3.05, 3.63) is 114 Å². The van der Waals surface area contributed by atoms with Gasteiger partial charge in [-0.05, 0) is 52.4 Å². The molecule has 0 saturated heterocycles. The number of aromatic nitrogens is 5. The molecule has 0 atom stereocenters. The predicted octanol–water partition coefficient (Wildman–Crippen LogP) is 7.19. The van der Waals surface area contributed by atoms with Crippen molar-refractivity contribution in [2.45, 2.75) is 13.1 Å². The summed E-state index contributed by atoms with van der Waals surface area (Å²) < 4.78 is 0. The number of nitrogens with zero attached hydrogens (tertiary/aromatic N) is 3. The molecule has 0 unspecified atom stereocenters. The van der Waals surface area contributed by atoms with Gasteiger partial charge in [-0.2, -0.15) is 5.10 Å². The number of aromatic amines is 2. The molecule has 3 N–H and O–H groups in total. The zero-order valence-corrected chi connectivity index (χ0v) is 21.3. The van der Waals surface area contributed by atoms with Crippen LogP contribution in [-0.4, -0.2) is 25.1 Å². The van der Waals surface area contributed by atoms with Gasteiger partial charge < -0.3 is 10.3 Å². The Bertz CT molecular complexity index is 1850. The quantitative estimate of drug-likeness (QED) is 0.211. The Morgan fingerprint density at radius 2 is 1.61 bits per heavy atom. The van der Waals surface area contributed by atoms with Gasteiger partial charge in [-0.25, -0.2) is 0 Å². The summed E-state index contributed by atoms with van der Waals surface area (Å²) in [6.45, 7) is 1.58. The number of benzene rings is 2. The van der Waals surface area contributed by atoms with E-state index in [9.17, 15) is 0 Å². The number of thiophene rings is 1. The summed E-state index contributed by atoms with van der Waals surface area (Å²) in [5.41, 5.74) is 9.58. The number of H-pyrrole nitrogens is 2. The average molecular weight is 513 g/mol. The van der Waals surface area contributed by atoms with Crippen molar-refractivity contribution in [2.75, 3.05) is 0 Å². The first kappa shape index (κ1) is 22.6. The molecule has 184 valence electrons. The second-order valence-electron chi connectivity index (χ2n) is 9.31. The summed E-state index contributed by atoms with van der Waals surface area (Å²) in [6, 6.07) is 25.4. The van der Waals surface area contributed by atoms with Crippen LogP contribution < -0.4 is 5.32 Å². The number of rotatable bonds is 7. The smallest absolute Gasteiger partial charge is 0.116 e. The number of nitrogens with one attached hydrogen (secondary N) is 3. The highest BCUT2D eigenvalue weighted by Gasteiger charge is 2.15. The first-order chi connectivity index (χ1) is 18.8. The highest BCUT2D eigenvalue weighted by Crippen LogP contribution is 2.36. The largest absolute Gasteiger partial charge is 0.352 e. The molecule has 0 bridgehead atoms. The van der Waals surface area contributed by atoms with Crippen LogP contribution >= 0.6 is 11.3 Å². The van der Waals surface area contributed by atoms with Gasteiger partial charge in [0.1, 0.15) is 5.69 Å². The van der Waals surface area contributed by atoms with Crippen molar-refractivity contribution in [3.63, 3.8) is 0 Å². The fraction of sp³-hybridized carbons (Fsp3) is 0.0645. The molecule has 0 aliphatic rings. The summed E-state index contributed by atoms with van der Waals surface area (Å²) in [4.78, 5) is 13.7. The number of hydrogen-bond acceptors (Lipinski definition) is 5. The zero-order chi connectivity index (χ0) is 25.3. The van der Waals surface area contributed by atoms with Gasteiger partial charge in [0, 0.05) is 58.5 Å². The Labute approximate surface area is 223 Å². The van der Waals surface area contributed by atoms with Crippen LogP contribution in [0.4, 0.5) is 0 Å². The first-order valence-corrected chi connectivity index (χ1v) is 13.4. The van der Waals surface area contributed by atoms with Gasteiger partial charge in [-0.15, -0.1) is 11.3 Å². The topological polar surface area (TPSA) is 82.3 Å². The lowest BCUT2D eigenvalue weighted by molar-refractivity contribution is 0.691. The molecule has 2 aromatic carbocycles. The van der Waals surface area contributed by atoms with E-state index in [1.165, 1.54) is 10.4 Å². The lowest BCUT2D eigenvalue weighted by Gasteiger charge is -2.08. The Balaban J connectivity index is 1.20. The normalized spacial score (nSPS) is 11.5. The molecule has 0 aliphatic carbocycles. The molecule has 7 aromatic rings. The van der Waals surface area contributed by atoms with Gasteiger partial charge in [0.25, 0.3) is 0 Å². The number of pyridine rings is 2. The van der Waals surface area contributed by atoms with Crippen LogP contribution in [0.2, 0.25) is 0 Å². The molecule has 0 aliphatic heterocycles. The van der Waals surface area contributed by atoms with Gasteiger partial charge >= 0.3 is 0 Å². The monoisotopic (exact) mass is 512 g/mol. The van der Waals surface area contributed by atoms with E-state index in [0.717, 1.165) is 68.5 Å². The van der Waals surface area contributed by atoms with Crippen LogP contribution in [0.15, 0.2) is 103 Å². The van der Waals surface area contributed by atoms with Crippen molar-refractivity contribution < 1.29 is 0 Å². The molecule has 0 saturated carbocycles. The van der Waals surface area contributed by atoms with Gasteiger partial charge in [-0.3, -0.25) is 15.1 Å². The van der Waals surface area contributed by atoms with E-state index >= 15 is 0 Å². The summed E-state index contributed by atoms with van der Waals surface area (Å²) >= 11 is 1.72. The highest BCUT2D eigenvalue weighted by molar-refractivity contribution is 7.13. The Morgan fingerprint density at radius 3 is 2.50 bits per heavy atom. The number of fused-ring (bicyclic) bond motifs is 2. The van der Waals surface area contributed by atoms with Crippen LogP contribution in [0.3, 0.4) is 0 Å². The standard InChI is InChI=1S/C31H24N6S/c1-2-5-20(6-3-1)14-32-15-21-11-23(17-33-16-21)22-8-9-27-25(12-22)31(37-36-27)28-13-24-26(30-7-4-10-38-30)18-34-19-29(24)35-28/h1-13,16-19,32,35H,14-15H2,(H,36,37). The molecular formula is C31H24N6S. The molecule has 0 radical (unpaired) electrons. The zero-order valence-electron chi connectivity index (χ0n) is 20.5. The SMILES string of the molecule is c1ccc(CNCc2cncc(-c3ccc4[nH]nc(-c5cc6c(-c7cccs7)cncc6[nH]5)c4c3)c2)cc1. The summed E-state index contributed by atoms with van der Waals surface area (Å²) in [7, 11) is 0. The second kappa shape index (κ2) is 9.70. The van der Waals surface area contributed by atoms with Crippen LogP contribution in [0, 0.1) is 0 Å². The molecule has 5 aromatic heterocycles.